The minimum atomic E-state index is -0.274. The van der Waals surface area contributed by atoms with Crippen molar-refractivity contribution >= 4 is 44.4 Å². The fourth-order valence-electron chi connectivity index (χ4n) is 4.12. The fraction of sp³-hybridized carbons (Fsp3) is 0. The van der Waals surface area contributed by atoms with Gasteiger partial charge in [-0.25, -0.2) is 9.97 Å². The molecule has 35 heavy (non-hydrogen) atoms. The number of hydrogen-bond acceptors (Lipinski definition) is 5. The second kappa shape index (κ2) is 8.39. The molecule has 6 rings (SSSR count). The smallest absolute Gasteiger partial charge is 0.247 e. The predicted molar refractivity (Wildman–Crippen MR) is 137 cm³/mol. The van der Waals surface area contributed by atoms with Crippen molar-refractivity contribution in [1.82, 2.24) is 19.9 Å². The van der Waals surface area contributed by atoms with Crippen molar-refractivity contribution in [1.29, 1.82) is 0 Å². The number of aromatic amines is 1. The average Bonchev–Trinajstić information content (AvgIpc) is 3.32. The lowest BCUT2D eigenvalue weighted by Gasteiger charge is -2.10. The molecule has 0 spiro atoms. The van der Waals surface area contributed by atoms with Crippen molar-refractivity contribution in [2.75, 3.05) is 5.32 Å². The van der Waals surface area contributed by atoms with Gasteiger partial charge in [0, 0.05) is 34.4 Å². The SMILES string of the molecule is C=CC(=O)Nc1cccc2ccc(Oc3cnc4[nH]cc(-c5ccc6ncccc6c5)c4n3)cc12. The normalized spacial score (nSPS) is 11.1. The van der Waals surface area contributed by atoms with Crippen molar-refractivity contribution in [3.05, 3.63) is 98.0 Å². The van der Waals surface area contributed by atoms with Gasteiger partial charge in [0.05, 0.1) is 11.7 Å². The van der Waals surface area contributed by atoms with E-state index in [2.05, 4.69) is 32.9 Å². The number of ether oxygens (including phenoxy) is 1. The first kappa shape index (κ1) is 20.6. The van der Waals surface area contributed by atoms with Crippen LogP contribution in [0.25, 0.3) is 44.0 Å². The van der Waals surface area contributed by atoms with Crippen LogP contribution in [-0.2, 0) is 4.79 Å². The van der Waals surface area contributed by atoms with Gasteiger partial charge in [-0.3, -0.25) is 9.78 Å². The van der Waals surface area contributed by atoms with Gasteiger partial charge >= 0.3 is 0 Å². The molecule has 0 aliphatic carbocycles. The number of amides is 1. The maximum absolute atomic E-state index is 11.8. The van der Waals surface area contributed by atoms with Crippen molar-refractivity contribution < 1.29 is 9.53 Å². The number of carbonyl (C=O) groups is 1. The molecule has 0 aliphatic heterocycles. The Balaban J connectivity index is 1.37. The Bertz CT molecular complexity index is 1760. The summed E-state index contributed by atoms with van der Waals surface area (Å²) in [4.78, 5) is 28.6. The molecule has 7 heteroatoms. The van der Waals surface area contributed by atoms with Crippen LogP contribution in [0, 0.1) is 0 Å². The molecule has 168 valence electrons. The minimum absolute atomic E-state index is 0.274. The lowest BCUT2D eigenvalue weighted by Crippen LogP contribution is -2.07. The van der Waals surface area contributed by atoms with Crippen LogP contribution in [0.1, 0.15) is 0 Å². The third-order valence-electron chi connectivity index (χ3n) is 5.79. The first-order valence-electron chi connectivity index (χ1n) is 11.0. The van der Waals surface area contributed by atoms with Gasteiger partial charge < -0.3 is 15.0 Å². The first-order chi connectivity index (χ1) is 17.2. The van der Waals surface area contributed by atoms with Gasteiger partial charge in [-0.1, -0.05) is 36.9 Å². The highest BCUT2D eigenvalue weighted by atomic mass is 16.5. The third-order valence-corrected chi connectivity index (χ3v) is 5.79. The molecule has 7 nitrogen and oxygen atoms in total. The van der Waals surface area contributed by atoms with E-state index < -0.39 is 0 Å². The number of hydrogen-bond donors (Lipinski definition) is 2. The van der Waals surface area contributed by atoms with Crippen molar-refractivity contribution in [3.63, 3.8) is 0 Å². The van der Waals surface area contributed by atoms with Crippen LogP contribution in [-0.4, -0.2) is 25.8 Å². The highest BCUT2D eigenvalue weighted by Gasteiger charge is 2.12. The van der Waals surface area contributed by atoms with Gasteiger partial charge in [0.15, 0.2) is 5.65 Å². The molecule has 2 N–H and O–H groups in total. The molecule has 0 unspecified atom stereocenters. The van der Waals surface area contributed by atoms with E-state index in [0.29, 0.717) is 28.5 Å². The topological polar surface area (TPSA) is 92.8 Å². The van der Waals surface area contributed by atoms with Crippen LogP contribution < -0.4 is 10.1 Å². The van der Waals surface area contributed by atoms with Crippen molar-refractivity contribution in [2.24, 2.45) is 0 Å². The summed E-state index contributed by atoms with van der Waals surface area (Å²) in [6.07, 6.45) is 6.51. The zero-order valence-electron chi connectivity index (χ0n) is 18.5. The maximum atomic E-state index is 11.8. The summed E-state index contributed by atoms with van der Waals surface area (Å²) >= 11 is 0. The van der Waals surface area contributed by atoms with E-state index in [4.69, 9.17) is 9.72 Å². The molecule has 0 saturated carbocycles. The van der Waals surface area contributed by atoms with Gasteiger partial charge in [-0.2, -0.15) is 0 Å². The Hall–Kier alpha value is -5.04. The summed E-state index contributed by atoms with van der Waals surface area (Å²) in [5.74, 6) is 0.678. The molecule has 0 radical (unpaired) electrons. The quantitative estimate of drug-likeness (QED) is 0.299. The highest BCUT2D eigenvalue weighted by molar-refractivity contribution is 6.06. The number of rotatable bonds is 5. The summed E-state index contributed by atoms with van der Waals surface area (Å²) < 4.78 is 6.08. The lowest BCUT2D eigenvalue weighted by molar-refractivity contribution is -0.111. The number of benzene rings is 3. The summed E-state index contributed by atoms with van der Waals surface area (Å²) in [5.41, 5.74) is 4.94. The van der Waals surface area contributed by atoms with Crippen LogP contribution in [0.3, 0.4) is 0 Å². The van der Waals surface area contributed by atoms with E-state index in [9.17, 15) is 4.79 Å². The van der Waals surface area contributed by atoms with E-state index in [0.717, 1.165) is 32.8 Å². The predicted octanol–water partition coefficient (Wildman–Crippen LogP) is 6.24. The highest BCUT2D eigenvalue weighted by Crippen LogP contribution is 2.32. The second-order valence-electron chi connectivity index (χ2n) is 8.00. The lowest BCUT2D eigenvalue weighted by atomic mass is 10.1. The van der Waals surface area contributed by atoms with Gasteiger partial charge in [-0.05, 0) is 53.4 Å². The molecule has 3 heterocycles. The monoisotopic (exact) mass is 457 g/mol. The van der Waals surface area contributed by atoms with Crippen LogP contribution in [0.15, 0.2) is 98.0 Å². The van der Waals surface area contributed by atoms with Crippen LogP contribution >= 0.6 is 0 Å². The van der Waals surface area contributed by atoms with Gasteiger partial charge in [0.1, 0.15) is 11.3 Å². The van der Waals surface area contributed by atoms with Crippen LogP contribution in [0.5, 0.6) is 11.6 Å². The summed E-state index contributed by atoms with van der Waals surface area (Å²) in [6.45, 7) is 3.52. The number of carbonyl (C=O) groups excluding carboxylic acids is 1. The molecule has 0 aliphatic rings. The number of pyridine rings is 1. The molecular weight excluding hydrogens is 438 g/mol. The Morgan fingerprint density at radius 2 is 1.91 bits per heavy atom. The summed E-state index contributed by atoms with van der Waals surface area (Å²) in [7, 11) is 0. The third kappa shape index (κ3) is 3.85. The Morgan fingerprint density at radius 1 is 1.00 bits per heavy atom. The molecule has 1 amide bonds. The maximum Gasteiger partial charge on any atom is 0.247 e. The van der Waals surface area contributed by atoms with Crippen LogP contribution in [0.4, 0.5) is 5.69 Å². The molecule has 0 saturated heterocycles. The molecule has 0 bridgehead atoms. The van der Waals surface area contributed by atoms with Gasteiger partial charge in [0.25, 0.3) is 0 Å². The molecule has 3 aromatic carbocycles. The molecule has 3 aromatic heterocycles. The Kier molecular flexibility index (Phi) is 4.93. The number of anilines is 1. The number of H-pyrrole nitrogens is 1. The van der Waals surface area contributed by atoms with E-state index in [1.54, 1.807) is 12.4 Å². The standard InChI is InChI=1S/C28H19N5O2/c1-2-25(34)32-24-7-3-5-17-8-10-20(14-21(17)24)35-26-16-31-28-27(33-26)22(15-30-28)18-9-11-23-19(13-18)6-4-12-29-23/h2-16H,1H2,(H,30,31)(H,32,34). The van der Waals surface area contributed by atoms with Gasteiger partial charge in [-0.15, -0.1) is 0 Å². The molecular formula is C28H19N5O2. The van der Waals surface area contributed by atoms with E-state index in [-0.39, 0.29) is 5.91 Å². The number of nitrogens with one attached hydrogen (secondary N) is 2. The zero-order chi connectivity index (χ0) is 23.8. The van der Waals surface area contributed by atoms with E-state index >= 15 is 0 Å². The Labute approximate surface area is 200 Å². The van der Waals surface area contributed by atoms with Crippen molar-refractivity contribution in [3.8, 4) is 22.8 Å². The number of nitrogens with zero attached hydrogens (tertiary/aromatic N) is 3. The minimum Gasteiger partial charge on any atom is -0.437 e. The zero-order valence-corrected chi connectivity index (χ0v) is 18.5. The van der Waals surface area contributed by atoms with Gasteiger partial charge in [0.2, 0.25) is 11.8 Å². The largest absolute Gasteiger partial charge is 0.437 e. The van der Waals surface area contributed by atoms with E-state index in [1.807, 2.05) is 66.9 Å². The fourth-order valence-corrected chi connectivity index (χ4v) is 4.12. The van der Waals surface area contributed by atoms with Crippen LogP contribution in [0.2, 0.25) is 0 Å². The first-order valence-corrected chi connectivity index (χ1v) is 11.0. The molecule has 0 fully saturated rings. The number of aromatic nitrogens is 4. The average molecular weight is 457 g/mol. The summed E-state index contributed by atoms with van der Waals surface area (Å²) in [6, 6.07) is 21.4. The van der Waals surface area contributed by atoms with E-state index in [1.165, 1.54) is 6.08 Å². The Morgan fingerprint density at radius 3 is 2.83 bits per heavy atom. The molecule has 6 aromatic rings. The molecule has 0 atom stereocenters. The number of fused-ring (bicyclic) bond motifs is 3. The van der Waals surface area contributed by atoms with Crippen molar-refractivity contribution in [2.45, 2.75) is 0 Å². The second-order valence-corrected chi connectivity index (χ2v) is 8.00. The summed E-state index contributed by atoms with van der Waals surface area (Å²) in [5, 5.41) is 5.71.